The summed E-state index contributed by atoms with van der Waals surface area (Å²) < 4.78 is 2.17. The van der Waals surface area contributed by atoms with Gasteiger partial charge in [0, 0.05) is 34.9 Å². The summed E-state index contributed by atoms with van der Waals surface area (Å²) in [6.07, 6.45) is 2.71. The van der Waals surface area contributed by atoms with Gasteiger partial charge in [0.2, 0.25) is 5.95 Å². The molecule has 0 aliphatic rings. The maximum Gasteiger partial charge on any atom is 0.222 e. The molecule has 0 unspecified atom stereocenters. The van der Waals surface area contributed by atoms with Crippen LogP contribution in [0.3, 0.4) is 0 Å². The van der Waals surface area contributed by atoms with Crippen LogP contribution < -0.4 is 5.32 Å². The van der Waals surface area contributed by atoms with Crippen molar-refractivity contribution in [1.29, 1.82) is 0 Å². The van der Waals surface area contributed by atoms with Crippen LogP contribution in [0.5, 0.6) is 0 Å². The Labute approximate surface area is 180 Å². The Hall–Kier alpha value is -3.06. The van der Waals surface area contributed by atoms with Crippen LogP contribution in [0.2, 0.25) is 0 Å². The zero-order valence-electron chi connectivity index (χ0n) is 18.3. The van der Waals surface area contributed by atoms with E-state index in [1.807, 2.05) is 19.9 Å². The van der Waals surface area contributed by atoms with Gasteiger partial charge in [-0.2, -0.15) is 0 Å². The van der Waals surface area contributed by atoms with E-state index in [4.69, 9.17) is 9.97 Å². The number of carbonyl (C=O) groups is 1. The minimum Gasteiger partial charge on any atom is -0.357 e. The van der Waals surface area contributed by atoms with Gasteiger partial charge in [-0.05, 0) is 69.9 Å². The highest BCUT2D eigenvalue weighted by Crippen LogP contribution is 2.41. The van der Waals surface area contributed by atoms with Crippen molar-refractivity contribution in [3.8, 4) is 22.6 Å². The Morgan fingerprint density at radius 2 is 1.73 bits per heavy atom. The number of hydrogen-bond acceptors (Lipinski definition) is 6. The van der Waals surface area contributed by atoms with Gasteiger partial charge in [-0.3, -0.25) is 9.20 Å². The molecule has 4 rings (SSSR count). The third-order valence-corrected chi connectivity index (χ3v) is 7.15. The molecular weight excluding hydrogens is 394 g/mol. The second-order valence-electron chi connectivity index (χ2n) is 7.59. The lowest BCUT2D eigenvalue weighted by Gasteiger charge is -2.18. The zero-order valence-corrected chi connectivity index (χ0v) is 19.2. The summed E-state index contributed by atoms with van der Waals surface area (Å²) in [6, 6.07) is 1.91. The first-order valence-corrected chi connectivity index (χ1v) is 10.7. The predicted molar refractivity (Wildman–Crippen MR) is 123 cm³/mol. The minimum atomic E-state index is 0.556. The van der Waals surface area contributed by atoms with E-state index in [2.05, 4.69) is 42.4 Å². The molecule has 6 nitrogen and oxygen atoms in total. The summed E-state index contributed by atoms with van der Waals surface area (Å²) in [5, 5.41) is 3.02. The lowest BCUT2D eigenvalue weighted by Crippen LogP contribution is -2.04. The van der Waals surface area contributed by atoms with Gasteiger partial charge >= 0.3 is 0 Å². The molecule has 0 atom stereocenters. The molecule has 0 saturated heterocycles. The van der Waals surface area contributed by atoms with Crippen molar-refractivity contribution in [2.75, 3.05) is 12.4 Å². The molecule has 1 aromatic carbocycles. The van der Waals surface area contributed by atoms with E-state index in [1.54, 1.807) is 24.6 Å². The predicted octanol–water partition coefficient (Wildman–Crippen LogP) is 5.22. The number of imidazole rings is 1. The fraction of sp³-hybridized carbons (Fsp3) is 0.304. The quantitative estimate of drug-likeness (QED) is 0.459. The lowest BCUT2D eigenvalue weighted by molar-refractivity contribution is 0.112. The zero-order chi connectivity index (χ0) is 21.7. The molecule has 0 aliphatic heterocycles. The van der Waals surface area contributed by atoms with Crippen molar-refractivity contribution in [3.05, 3.63) is 50.7 Å². The fourth-order valence-electron chi connectivity index (χ4n) is 4.07. The molecule has 0 saturated carbocycles. The Bertz CT molecular complexity index is 1320. The van der Waals surface area contributed by atoms with Crippen molar-refractivity contribution in [2.45, 2.75) is 41.5 Å². The number of benzene rings is 1. The van der Waals surface area contributed by atoms with E-state index in [0.717, 1.165) is 67.4 Å². The Morgan fingerprint density at radius 3 is 2.40 bits per heavy atom. The number of fused-ring (bicyclic) bond motifs is 1. The molecule has 0 spiro atoms. The summed E-state index contributed by atoms with van der Waals surface area (Å²) in [6.45, 7) is 12.4. The Kier molecular flexibility index (Phi) is 4.94. The Morgan fingerprint density at radius 1 is 1.00 bits per heavy atom. The molecule has 0 fully saturated rings. The Balaban J connectivity index is 2.17. The number of aryl methyl sites for hydroxylation is 2. The van der Waals surface area contributed by atoms with Crippen molar-refractivity contribution in [2.24, 2.45) is 0 Å². The molecule has 7 heteroatoms. The van der Waals surface area contributed by atoms with Gasteiger partial charge in [0.05, 0.1) is 5.69 Å². The number of aromatic nitrogens is 4. The van der Waals surface area contributed by atoms with Gasteiger partial charge in [0.15, 0.2) is 11.2 Å². The van der Waals surface area contributed by atoms with E-state index >= 15 is 0 Å². The number of carbonyl (C=O) groups excluding carboxylic acids is 1. The molecule has 30 heavy (non-hydrogen) atoms. The highest BCUT2D eigenvalue weighted by atomic mass is 32.1. The summed E-state index contributed by atoms with van der Waals surface area (Å²) in [7, 11) is 1.81. The van der Waals surface area contributed by atoms with Crippen LogP contribution in [-0.4, -0.2) is 32.7 Å². The van der Waals surface area contributed by atoms with Crippen LogP contribution in [0.1, 0.15) is 43.2 Å². The van der Waals surface area contributed by atoms with Crippen molar-refractivity contribution in [1.82, 2.24) is 19.4 Å². The van der Waals surface area contributed by atoms with Crippen LogP contribution in [0.4, 0.5) is 5.95 Å². The van der Waals surface area contributed by atoms with Gasteiger partial charge in [0.1, 0.15) is 11.4 Å². The number of nitrogens with one attached hydrogen (secondary N) is 1. The third kappa shape index (κ3) is 2.84. The van der Waals surface area contributed by atoms with E-state index in [-0.39, 0.29) is 0 Å². The molecule has 4 aromatic rings. The third-order valence-electron chi connectivity index (χ3n) is 6.10. The average molecular weight is 420 g/mol. The molecule has 154 valence electrons. The monoisotopic (exact) mass is 419 g/mol. The number of anilines is 1. The molecule has 0 amide bonds. The fourth-order valence-corrected chi connectivity index (χ4v) is 5.04. The maximum absolute atomic E-state index is 11.9. The standard InChI is InChI=1S/C23H25N5OS/c1-11-12(2)17(10-29)14(4)19(13(11)3)20-21(18-8-9-25-22(24-7)26-18)28-15(5)16(6)30-23(28)27-20/h8-10H,1-7H3,(H,24,25,26). The second kappa shape index (κ2) is 7.32. The molecule has 3 aromatic heterocycles. The average Bonchev–Trinajstić information content (AvgIpc) is 3.23. The topological polar surface area (TPSA) is 72.2 Å². The van der Waals surface area contributed by atoms with Crippen molar-refractivity contribution < 1.29 is 4.79 Å². The van der Waals surface area contributed by atoms with Crippen LogP contribution in [0.25, 0.3) is 27.6 Å². The highest BCUT2D eigenvalue weighted by Gasteiger charge is 2.25. The number of hydrogen-bond donors (Lipinski definition) is 1. The van der Waals surface area contributed by atoms with Gasteiger partial charge < -0.3 is 5.32 Å². The maximum atomic E-state index is 11.9. The van der Waals surface area contributed by atoms with E-state index < -0.39 is 0 Å². The molecular formula is C23H25N5OS. The number of aldehydes is 1. The van der Waals surface area contributed by atoms with Gasteiger partial charge in [0.25, 0.3) is 0 Å². The van der Waals surface area contributed by atoms with E-state index in [0.29, 0.717) is 5.95 Å². The van der Waals surface area contributed by atoms with E-state index in [1.165, 1.54) is 4.88 Å². The molecule has 1 N–H and O–H groups in total. The first-order chi connectivity index (χ1) is 14.3. The summed E-state index contributed by atoms with van der Waals surface area (Å²) in [4.78, 5) is 28.1. The first kappa shape index (κ1) is 20.2. The summed E-state index contributed by atoms with van der Waals surface area (Å²) in [5.74, 6) is 0.556. The van der Waals surface area contributed by atoms with Gasteiger partial charge in [-0.25, -0.2) is 15.0 Å². The molecule has 0 bridgehead atoms. The largest absolute Gasteiger partial charge is 0.357 e. The molecule has 0 radical (unpaired) electrons. The van der Waals surface area contributed by atoms with Gasteiger partial charge in [-0.1, -0.05) is 0 Å². The molecule has 0 aliphatic carbocycles. The van der Waals surface area contributed by atoms with Crippen molar-refractivity contribution in [3.63, 3.8) is 0 Å². The summed E-state index contributed by atoms with van der Waals surface area (Å²) >= 11 is 1.67. The number of nitrogens with zero attached hydrogens (tertiary/aromatic N) is 4. The van der Waals surface area contributed by atoms with Crippen LogP contribution in [0.15, 0.2) is 12.3 Å². The summed E-state index contributed by atoms with van der Waals surface area (Å²) in [5.41, 5.74) is 9.70. The number of thiazole rings is 1. The highest BCUT2D eigenvalue weighted by molar-refractivity contribution is 7.17. The van der Waals surface area contributed by atoms with E-state index in [9.17, 15) is 4.79 Å². The smallest absolute Gasteiger partial charge is 0.222 e. The van der Waals surface area contributed by atoms with Gasteiger partial charge in [-0.15, -0.1) is 11.3 Å². The first-order valence-electron chi connectivity index (χ1n) is 9.85. The second-order valence-corrected chi connectivity index (χ2v) is 8.77. The molecule has 3 heterocycles. The lowest BCUT2D eigenvalue weighted by atomic mass is 9.87. The van der Waals surface area contributed by atoms with Crippen molar-refractivity contribution >= 4 is 28.5 Å². The van der Waals surface area contributed by atoms with Crippen LogP contribution >= 0.6 is 11.3 Å². The minimum absolute atomic E-state index is 0.556. The normalized spacial score (nSPS) is 11.3. The number of rotatable bonds is 4. The van der Waals surface area contributed by atoms with Crippen LogP contribution in [0, 0.1) is 41.5 Å². The SMILES string of the molecule is CNc1nccc(-c2c(-c3c(C)c(C)c(C)c(C=O)c3C)nc3sc(C)c(C)n23)n1. The van der Waals surface area contributed by atoms with Crippen LogP contribution in [-0.2, 0) is 0 Å².